The van der Waals surface area contributed by atoms with Gasteiger partial charge in [-0.15, -0.1) is 0 Å². The minimum atomic E-state index is -1.10. The maximum atomic E-state index is 14.7. The van der Waals surface area contributed by atoms with Crippen molar-refractivity contribution >= 4 is 28.3 Å². The van der Waals surface area contributed by atoms with E-state index in [4.69, 9.17) is 9.47 Å². The van der Waals surface area contributed by atoms with Crippen molar-refractivity contribution in [2.45, 2.75) is 57.8 Å². The smallest absolute Gasteiger partial charge is 0.228 e. The molecule has 12 heteroatoms. The number of piperidine rings is 1. The highest BCUT2D eigenvalue weighted by atomic mass is 19.2. The highest BCUT2D eigenvalue weighted by molar-refractivity contribution is 5.94. The largest absolute Gasteiger partial charge is 0.486 e. The molecule has 6 heterocycles. The molecule has 10 nitrogen and oxygen atoms in total. The Labute approximate surface area is 265 Å². The van der Waals surface area contributed by atoms with Gasteiger partial charge >= 0.3 is 0 Å². The van der Waals surface area contributed by atoms with Crippen molar-refractivity contribution in [2.75, 3.05) is 43.2 Å². The third-order valence-electron chi connectivity index (χ3n) is 9.31. The number of nitrogens with zero attached hydrogens (tertiary/aromatic N) is 6. The molecule has 0 spiro atoms. The summed E-state index contributed by atoms with van der Waals surface area (Å²) < 4.78 is 42.1. The van der Waals surface area contributed by atoms with Crippen molar-refractivity contribution in [1.82, 2.24) is 19.4 Å². The molecular weight excluding hydrogens is 594 g/mol. The van der Waals surface area contributed by atoms with E-state index >= 15 is 0 Å². The van der Waals surface area contributed by atoms with Gasteiger partial charge in [0.05, 0.1) is 35.9 Å². The molecular formula is C34H36F2N6O4. The number of aromatic nitrogens is 3. The molecule has 0 bridgehead atoms. The van der Waals surface area contributed by atoms with Crippen LogP contribution in [0.15, 0.2) is 53.7 Å². The molecule has 0 aliphatic carbocycles. The monoisotopic (exact) mass is 630 g/mol. The molecule has 1 aromatic carbocycles. The highest BCUT2D eigenvalue weighted by Gasteiger charge is 2.31. The van der Waals surface area contributed by atoms with E-state index < -0.39 is 11.6 Å². The molecule has 2 atom stereocenters. The van der Waals surface area contributed by atoms with E-state index in [0.717, 1.165) is 43.1 Å². The second-order valence-corrected chi connectivity index (χ2v) is 12.3. The number of carbonyl (C=O) groups excluding carboxylic acids is 1. The van der Waals surface area contributed by atoms with Gasteiger partial charge in [0, 0.05) is 69.2 Å². The minimum Gasteiger partial charge on any atom is -0.486 e. The van der Waals surface area contributed by atoms with Crippen molar-refractivity contribution in [3.05, 3.63) is 81.9 Å². The van der Waals surface area contributed by atoms with E-state index in [0.29, 0.717) is 49.9 Å². The number of ether oxygens (including phenoxy) is 2. The van der Waals surface area contributed by atoms with Crippen LogP contribution < -0.4 is 24.7 Å². The van der Waals surface area contributed by atoms with Crippen LogP contribution in [0.3, 0.4) is 0 Å². The van der Waals surface area contributed by atoms with Gasteiger partial charge in [-0.3, -0.25) is 19.4 Å². The van der Waals surface area contributed by atoms with Gasteiger partial charge in [0.25, 0.3) is 0 Å². The molecule has 2 fully saturated rings. The normalized spacial score (nSPS) is 19.6. The Morgan fingerprint density at radius 3 is 2.72 bits per heavy atom. The van der Waals surface area contributed by atoms with Crippen molar-refractivity contribution in [3.63, 3.8) is 0 Å². The van der Waals surface area contributed by atoms with Crippen LogP contribution in [0.5, 0.6) is 11.6 Å². The fraction of sp³-hybridized carbons (Fsp3) is 0.412. The summed E-state index contributed by atoms with van der Waals surface area (Å²) >= 11 is 0. The average Bonchev–Trinajstić information content (AvgIpc) is 3.51. The molecule has 1 amide bonds. The van der Waals surface area contributed by atoms with Crippen molar-refractivity contribution in [2.24, 2.45) is 0 Å². The number of rotatable bonds is 8. The standard InChI is InChI=1S/C34H36F2N6O4/c1-21-20-46-34-31(36)27(35)14-26-32(34)42(21)18-23(33(26)44)17-40(16-22-9-10-37-29(13-22)45-2)25-5-3-11-39(19-25)24-7-8-28(38-15-24)41-12-4-6-30(41)43/h7-10,13-15,18,21,25H,3-6,11-12,16-17,19-20H2,1-2H3/t21?,25-/m0/s1. The van der Waals surface area contributed by atoms with Gasteiger partial charge in [0.2, 0.25) is 17.6 Å². The molecule has 46 heavy (non-hydrogen) atoms. The summed E-state index contributed by atoms with van der Waals surface area (Å²) in [5.74, 6) is -1.12. The number of hydrogen-bond acceptors (Lipinski definition) is 8. The fourth-order valence-electron chi connectivity index (χ4n) is 6.89. The first-order chi connectivity index (χ1) is 22.3. The third-order valence-corrected chi connectivity index (χ3v) is 9.31. The zero-order valence-corrected chi connectivity index (χ0v) is 25.9. The first-order valence-corrected chi connectivity index (χ1v) is 15.7. The zero-order valence-electron chi connectivity index (χ0n) is 25.9. The number of amides is 1. The molecule has 7 rings (SSSR count). The molecule has 3 aliphatic rings. The quantitative estimate of drug-likeness (QED) is 0.274. The van der Waals surface area contributed by atoms with Gasteiger partial charge < -0.3 is 18.9 Å². The van der Waals surface area contributed by atoms with Gasteiger partial charge in [0.15, 0.2) is 17.0 Å². The summed E-state index contributed by atoms with van der Waals surface area (Å²) in [5, 5.41) is 0.108. The lowest BCUT2D eigenvalue weighted by Crippen LogP contribution is -2.48. The van der Waals surface area contributed by atoms with E-state index in [2.05, 4.69) is 19.8 Å². The Kier molecular flexibility index (Phi) is 8.06. The number of pyridine rings is 3. The van der Waals surface area contributed by atoms with Crippen LogP contribution in [-0.4, -0.2) is 64.7 Å². The van der Waals surface area contributed by atoms with E-state index in [1.165, 1.54) is 0 Å². The predicted molar refractivity (Wildman–Crippen MR) is 169 cm³/mol. The van der Waals surface area contributed by atoms with E-state index in [9.17, 15) is 18.4 Å². The summed E-state index contributed by atoms with van der Waals surface area (Å²) in [6, 6.07) is 8.62. The number of halogens is 2. The molecule has 0 N–H and O–H groups in total. The number of anilines is 2. The SMILES string of the molecule is COc1cc(CN(Cc2cn3c4c(c(F)c(F)cc4c2=O)OCC3C)[C@H]2CCCN(c3ccc(N4CCCC4=O)nc3)C2)ccn1. The van der Waals surface area contributed by atoms with Gasteiger partial charge in [0.1, 0.15) is 12.4 Å². The van der Waals surface area contributed by atoms with Crippen LogP contribution in [0.1, 0.15) is 49.8 Å². The molecule has 4 aromatic rings. The van der Waals surface area contributed by atoms with Crippen LogP contribution in [0, 0.1) is 11.6 Å². The second kappa shape index (κ2) is 12.3. The van der Waals surface area contributed by atoms with Crippen LogP contribution in [0.4, 0.5) is 20.3 Å². The second-order valence-electron chi connectivity index (χ2n) is 12.3. The molecule has 2 saturated heterocycles. The number of carbonyl (C=O) groups is 1. The molecule has 3 aliphatic heterocycles. The number of hydrogen-bond donors (Lipinski definition) is 0. The average molecular weight is 631 g/mol. The Morgan fingerprint density at radius 1 is 1.09 bits per heavy atom. The van der Waals surface area contributed by atoms with Crippen molar-refractivity contribution < 1.29 is 23.0 Å². The Bertz CT molecular complexity index is 1850. The lowest BCUT2D eigenvalue weighted by atomic mass is 10.0. The number of methoxy groups -OCH3 is 1. The van der Waals surface area contributed by atoms with Crippen LogP contribution in [0.25, 0.3) is 10.9 Å². The third kappa shape index (κ3) is 5.55. The summed E-state index contributed by atoms with van der Waals surface area (Å²) in [5.41, 5.74) is 2.39. The summed E-state index contributed by atoms with van der Waals surface area (Å²) in [6.45, 7) is 5.15. The van der Waals surface area contributed by atoms with Gasteiger partial charge in [-0.25, -0.2) is 14.4 Å². The summed E-state index contributed by atoms with van der Waals surface area (Å²) in [6.07, 6.45) is 8.54. The molecule has 240 valence electrons. The molecule has 1 unspecified atom stereocenters. The Morgan fingerprint density at radius 2 is 1.96 bits per heavy atom. The van der Waals surface area contributed by atoms with Crippen molar-refractivity contribution in [1.29, 1.82) is 0 Å². The maximum Gasteiger partial charge on any atom is 0.228 e. The Balaban J connectivity index is 1.22. The first kappa shape index (κ1) is 30.1. The fourth-order valence-corrected chi connectivity index (χ4v) is 6.89. The van der Waals surface area contributed by atoms with E-state index in [-0.39, 0.29) is 46.7 Å². The predicted octanol–water partition coefficient (Wildman–Crippen LogP) is 4.83. The lowest BCUT2D eigenvalue weighted by molar-refractivity contribution is -0.117. The first-order valence-electron chi connectivity index (χ1n) is 15.7. The molecule has 3 aromatic heterocycles. The summed E-state index contributed by atoms with van der Waals surface area (Å²) in [7, 11) is 1.57. The molecule has 0 radical (unpaired) electrons. The minimum absolute atomic E-state index is 0.0606. The van der Waals surface area contributed by atoms with Crippen LogP contribution >= 0.6 is 0 Å². The Hall–Kier alpha value is -4.58. The summed E-state index contributed by atoms with van der Waals surface area (Å²) in [4.78, 5) is 41.3. The highest BCUT2D eigenvalue weighted by Crippen LogP contribution is 2.36. The van der Waals surface area contributed by atoms with Gasteiger partial charge in [-0.1, -0.05) is 0 Å². The van der Waals surface area contributed by atoms with Gasteiger partial charge in [-0.05, 0) is 56.0 Å². The molecule has 0 saturated carbocycles. The van der Waals surface area contributed by atoms with Crippen LogP contribution in [0.2, 0.25) is 0 Å². The van der Waals surface area contributed by atoms with Crippen LogP contribution in [-0.2, 0) is 17.9 Å². The van der Waals surface area contributed by atoms with E-state index in [1.807, 2.05) is 42.0 Å². The van der Waals surface area contributed by atoms with Crippen molar-refractivity contribution in [3.8, 4) is 11.6 Å². The maximum absolute atomic E-state index is 14.7. The zero-order chi connectivity index (χ0) is 31.9. The topological polar surface area (TPSA) is 93.0 Å². The lowest BCUT2D eigenvalue weighted by Gasteiger charge is -2.40. The van der Waals surface area contributed by atoms with E-state index in [1.54, 1.807) is 24.4 Å². The number of benzene rings is 1. The van der Waals surface area contributed by atoms with Gasteiger partial charge in [-0.2, -0.15) is 4.39 Å².